The first kappa shape index (κ1) is 19.2. The number of pyridine rings is 1. The highest BCUT2D eigenvalue weighted by Gasteiger charge is 2.28. The Labute approximate surface area is 170 Å². The molecule has 2 heterocycles. The van der Waals surface area contributed by atoms with Gasteiger partial charge in [0, 0.05) is 31.1 Å². The van der Waals surface area contributed by atoms with E-state index in [0.717, 1.165) is 6.42 Å². The van der Waals surface area contributed by atoms with E-state index in [1.165, 1.54) is 23.5 Å². The summed E-state index contributed by atoms with van der Waals surface area (Å²) in [5, 5.41) is 11.2. The van der Waals surface area contributed by atoms with Crippen LogP contribution < -0.4 is 4.73 Å². The third-order valence-electron chi connectivity index (χ3n) is 5.38. The molecule has 0 spiro atoms. The van der Waals surface area contributed by atoms with Crippen LogP contribution in [-0.2, 0) is 4.74 Å². The predicted molar refractivity (Wildman–Crippen MR) is 110 cm³/mol. The third kappa shape index (κ3) is 4.63. The Hall–Kier alpha value is -3.18. The molecule has 5 nitrogen and oxygen atoms in total. The molecule has 1 atom stereocenters. The van der Waals surface area contributed by atoms with Crippen LogP contribution >= 0.6 is 0 Å². The van der Waals surface area contributed by atoms with Crippen LogP contribution in [0.4, 0.5) is 0 Å². The summed E-state index contributed by atoms with van der Waals surface area (Å²) in [5.74, 6) is 0.142. The second-order valence-electron chi connectivity index (χ2n) is 7.30. The number of ether oxygens (including phenoxy) is 1. The fourth-order valence-corrected chi connectivity index (χ4v) is 3.88. The molecule has 5 heteroatoms. The van der Waals surface area contributed by atoms with Gasteiger partial charge in [-0.3, -0.25) is 4.79 Å². The lowest BCUT2D eigenvalue weighted by molar-refractivity contribution is -0.605. The van der Waals surface area contributed by atoms with Gasteiger partial charge in [0.15, 0.2) is 12.4 Å². The van der Waals surface area contributed by atoms with E-state index < -0.39 is 0 Å². The van der Waals surface area contributed by atoms with Gasteiger partial charge in [-0.2, -0.15) is 4.73 Å². The van der Waals surface area contributed by atoms with Gasteiger partial charge >= 0.3 is 0 Å². The summed E-state index contributed by atoms with van der Waals surface area (Å²) in [6.07, 6.45) is 3.46. The van der Waals surface area contributed by atoms with Crippen molar-refractivity contribution >= 4 is 5.91 Å². The van der Waals surface area contributed by atoms with E-state index in [1.54, 1.807) is 12.1 Å². The summed E-state index contributed by atoms with van der Waals surface area (Å²) in [7, 11) is 0. The fraction of sp³-hybridized carbons (Fsp3) is 0.250. The lowest BCUT2D eigenvalue weighted by atomic mass is 9.86. The summed E-state index contributed by atoms with van der Waals surface area (Å²) in [4.78, 5) is 14.7. The molecule has 4 rings (SSSR count). The number of hydrogen-bond donors (Lipinski definition) is 0. The molecule has 0 N–H and O–H groups in total. The molecule has 1 aliphatic heterocycles. The van der Waals surface area contributed by atoms with Gasteiger partial charge in [-0.15, -0.1) is 0 Å². The summed E-state index contributed by atoms with van der Waals surface area (Å²) < 4.78 is 6.72. The van der Waals surface area contributed by atoms with Crippen LogP contribution in [0, 0.1) is 5.21 Å². The van der Waals surface area contributed by atoms with Crippen molar-refractivity contribution in [2.24, 2.45) is 0 Å². The largest absolute Gasteiger partial charge is 0.619 e. The fourth-order valence-electron chi connectivity index (χ4n) is 3.88. The van der Waals surface area contributed by atoms with Crippen molar-refractivity contribution in [3.63, 3.8) is 0 Å². The van der Waals surface area contributed by atoms with Gasteiger partial charge in [0.2, 0.25) is 0 Å². The summed E-state index contributed by atoms with van der Waals surface area (Å²) in [6, 6.07) is 24.0. The van der Waals surface area contributed by atoms with Crippen LogP contribution in [0.3, 0.4) is 0 Å². The van der Waals surface area contributed by atoms with Gasteiger partial charge < -0.3 is 14.8 Å². The molecular weight excluding hydrogens is 364 g/mol. The van der Waals surface area contributed by atoms with Crippen molar-refractivity contribution in [2.45, 2.75) is 18.4 Å². The van der Waals surface area contributed by atoms with Gasteiger partial charge in [-0.25, -0.2) is 0 Å². The second-order valence-corrected chi connectivity index (χ2v) is 7.30. The van der Waals surface area contributed by atoms with Crippen LogP contribution in [0.1, 0.15) is 33.8 Å². The zero-order chi connectivity index (χ0) is 20.1. The smallest absolute Gasteiger partial charge is 0.254 e. The van der Waals surface area contributed by atoms with Crippen molar-refractivity contribution in [3.8, 4) is 0 Å². The first-order valence-corrected chi connectivity index (χ1v) is 9.90. The number of rotatable bonds is 5. The van der Waals surface area contributed by atoms with Crippen LogP contribution in [0.2, 0.25) is 0 Å². The lowest BCUT2D eigenvalue weighted by Gasteiger charge is -2.35. The highest BCUT2D eigenvalue weighted by atomic mass is 16.5. The number of hydrogen-bond acceptors (Lipinski definition) is 3. The Kier molecular flexibility index (Phi) is 5.86. The number of aromatic nitrogens is 1. The Bertz CT molecular complexity index is 890. The molecule has 148 valence electrons. The number of amides is 1. The van der Waals surface area contributed by atoms with Crippen molar-refractivity contribution < 1.29 is 14.3 Å². The zero-order valence-corrected chi connectivity index (χ0v) is 16.2. The average Bonchev–Trinajstić information content (AvgIpc) is 2.79. The molecule has 2 aromatic carbocycles. The summed E-state index contributed by atoms with van der Waals surface area (Å²) in [5.41, 5.74) is 3.02. The van der Waals surface area contributed by atoms with E-state index in [9.17, 15) is 10.0 Å². The van der Waals surface area contributed by atoms with Crippen molar-refractivity contribution in [3.05, 3.63) is 107 Å². The highest BCUT2D eigenvalue weighted by Crippen LogP contribution is 2.31. The molecule has 0 radical (unpaired) electrons. The molecule has 29 heavy (non-hydrogen) atoms. The van der Waals surface area contributed by atoms with Crippen LogP contribution in [-0.4, -0.2) is 36.6 Å². The van der Waals surface area contributed by atoms with Crippen molar-refractivity contribution in [2.75, 3.05) is 19.7 Å². The molecule has 1 saturated heterocycles. The molecule has 1 amide bonds. The molecule has 0 saturated carbocycles. The summed E-state index contributed by atoms with van der Waals surface area (Å²) in [6.45, 7) is 1.62. The van der Waals surface area contributed by atoms with E-state index in [1.807, 2.05) is 17.0 Å². The number of carbonyl (C=O) groups is 1. The van der Waals surface area contributed by atoms with E-state index >= 15 is 0 Å². The van der Waals surface area contributed by atoms with Crippen LogP contribution in [0.5, 0.6) is 0 Å². The van der Waals surface area contributed by atoms with Gasteiger partial charge in [0.05, 0.1) is 18.3 Å². The molecule has 1 aromatic heterocycles. The third-order valence-corrected chi connectivity index (χ3v) is 5.38. The van der Waals surface area contributed by atoms with Crippen LogP contribution in [0.25, 0.3) is 0 Å². The van der Waals surface area contributed by atoms with Crippen molar-refractivity contribution in [1.82, 2.24) is 4.90 Å². The van der Waals surface area contributed by atoms with Gasteiger partial charge in [0.25, 0.3) is 5.91 Å². The van der Waals surface area contributed by atoms with Gasteiger partial charge in [-0.1, -0.05) is 60.7 Å². The average molecular weight is 388 g/mol. The quantitative estimate of drug-likeness (QED) is 0.497. The standard InChI is InChI=1S/C24H24N2O3/c27-24(21-11-13-26(28)14-12-21)25-15-16-29-22(18-25)17-23(19-7-3-1-4-8-19)20-9-5-2-6-10-20/h1-14,22-23H,15-18H2/t22-/m1/s1. The Morgan fingerprint density at radius 1 is 1.00 bits per heavy atom. The maximum absolute atomic E-state index is 12.8. The number of morpholine rings is 1. The maximum Gasteiger partial charge on any atom is 0.254 e. The molecule has 0 aliphatic carbocycles. The van der Waals surface area contributed by atoms with E-state index in [4.69, 9.17) is 4.74 Å². The minimum absolute atomic E-state index is 0.0498. The number of benzene rings is 2. The predicted octanol–water partition coefficient (Wildman–Crippen LogP) is 3.38. The Morgan fingerprint density at radius 3 is 2.17 bits per heavy atom. The van der Waals surface area contributed by atoms with Gasteiger partial charge in [-0.05, 0) is 17.5 Å². The molecule has 0 bridgehead atoms. The zero-order valence-electron chi connectivity index (χ0n) is 16.2. The second kappa shape index (κ2) is 8.88. The first-order chi connectivity index (χ1) is 14.2. The Morgan fingerprint density at radius 2 is 1.59 bits per heavy atom. The monoisotopic (exact) mass is 388 g/mol. The first-order valence-electron chi connectivity index (χ1n) is 9.90. The van der Waals surface area contributed by atoms with E-state index in [2.05, 4.69) is 48.5 Å². The minimum atomic E-state index is -0.0603. The van der Waals surface area contributed by atoms with Crippen molar-refractivity contribution in [1.29, 1.82) is 0 Å². The lowest BCUT2D eigenvalue weighted by Crippen LogP contribution is -2.46. The SMILES string of the molecule is O=C(c1cc[n+]([O-])cc1)N1CCO[C@H](CC(c2ccccc2)c2ccccc2)C1. The molecule has 0 unspecified atom stereocenters. The van der Waals surface area contributed by atoms with Gasteiger partial charge in [0.1, 0.15) is 0 Å². The van der Waals surface area contributed by atoms with E-state index in [-0.39, 0.29) is 17.9 Å². The van der Waals surface area contributed by atoms with E-state index in [0.29, 0.717) is 30.0 Å². The normalized spacial score (nSPS) is 16.7. The van der Waals surface area contributed by atoms with Crippen LogP contribution in [0.15, 0.2) is 85.2 Å². The molecular formula is C24H24N2O3. The molecule has 3 aromatic rings. The summed E-state index contributed by atoms with van der Waals surface area (Å²) >= 11 is 0. The topological polar surface area (TPSA) is 56.5 Å². The molecule has 1 aliphatic rings. The number of nitrogens with zero attached hydrogens (tertiary/aromatic N) is 2. The minimum Gasteiger partial charge on any atom is -0.619 e. The number of carbonyl (C=O) groups excluding carboxylic acids is 1. The molecule has 1 fully saturated rings. The highest BCUT2D eigenvalue weighted by molar-refractivity contribution is 5.94. The Balaban J connectivity index is 1.51. The maximum atomic E-state index is 12.8.